The van der Waals surface area contributed by atoms with Crippen LogP contribution in [0.15, 0.2) is 53.0 Å². The van der Waals surface area contributed by atoms with Crippen molar-refractivity contribution < 1.29 is 18.6 Å². The third-order valence-corrected chi connectivity index (χ3v) is 6.94. The van der Waals surface area contributed by atoms with Crippen LogP contribution in [-0.4, -0.2) is 33.4 Å². The lowest BCUT2D eigenvalue weighted by Gasteiger charge is -2.29. The molecule has 0 saturated carbocycles. The molecule has 1 saturated heterocycles. The van der Waals surface area contributed by atoms with E-state index in [4.69, 9.17) is 37.4 Å². The highest BCUT2D eigenvalue weighted by Gasteiger charge is 2.16. The second-order valence-corrected chi connectivity index (χ2v) is 9.37. The van der Waals surface area contributed by atoms with Crippen molar-refractivity contribution in [3.63, 3.8) is 0 Å². The molecule has 1 heterocycles. The minimum Gasteiger partial charge on any atom is -0.493 e. The van der Waals surface area contributed by atoms with Gasteiger partial charge in [0.1, 0.15) is 12.4 Å². The summed E-state index contributed by atoms with van der Waals surface area (Å²) in [4.78, 5) is 2.23. The van der Waals surface area contributed by atoms with Gasteiger partial charge in [-0.25, -0.2) is 4.39 Å². The first-order valence-corrected chi connectivity index (χ1v) is 12.3. The fraction of sp³-hybridized carbons (Fsp3) is 0.280. The van der Waals surface area contributed by atoms with Crippen LogP contribution < -0.4 is 19.7 Å². The van der Waals surface area contributed by atoms with Gasteiger partial charge in [0.2, 0.25) is 0 Å². The second-order valence-electron chi connectivity index (χ2n) is 7.70. The van der Waals surface area contributed by atoms with Gasteiger partial charge in [-0.3, -0.25) is 0 Å². The maximum atomic E-state index is 14.1. The Hall–Kier alpha value is -2.19. The summed E-state index contributed by atoms with van der Waals surface area (Å²) in [7, 11) is 1.56. The van der Waals surface area contributed by atoms with Crippen LogP contribution in [0.4, 0.5) is 15.8 Å². The highest BCUT2D eigenvalue weighted by molar-refractivity contribution is 9.10. The molecule has 0 aliphatic carbocycles. The first-order chi connectivity index (χ1) is 16.5. The molecule has 3 aromatic rings. The Bertz CT molecular complexity index is 1140. The standard InChI is InChI=1S/C25H24BrCl2FN2O3/c1-32-24-11-16(19(26)13-25(24)34-15-18-20(27)3-2-4-22(18)29)14-30-17-5-6-23(21(28)12-17)31-7-9-33-10-8-31/h2-6,11-13,30H,7-10,14-15H2,1H3. The molecule has 0 atom stereocenters. The van der Waals surface area contributed by atoms with Gasteiger partial charge >= 0.3 is 0 Å². The molecule has 0 amide bonds. The van der Waals surface area contributed by atoms with Gasteiger partial charge in [-0.1, -0.05) is 45.2 Å². The van der Waals surface area contributed by atoms with Gasteiger partial charge < -0.3 is 24.4 Å². The average Bonchev–Trinajstić information content (AvgIpc) is 2.83. The van der Waals surface area contributed by atoms with E-state index in [0.717, 1.165) is 34.5 Å². The fourth-order valence-corrected chi connectivity index (χ4v) is 4.66. The Morgan fingerprint density at radius 3 is 2.56 bits per heavy atom. The monoisotopic (exact) mass is 568 g/mol. The average molecular weight is 570 g/mol. The van der Waals surface area contributed by atoms with Crippen molar-refractivity contribution in [2.45, 2.75) is 13.2 Å². The summed E-state index contributed by atoms with van der Waals surface area (Å²) in [6.07, 6.45) is 0. The van der Waals surface area contributed by atoms with E-state index in [9.17, 15) is 4.39 Å². The van der Waals surface area contributed by atoms with Gasteiger partial charge in [-0.15, -0.1) is 0 Å². The fourth-order valence-electron chi connectivity index (χ4n) is 3.68. The number of anilines is 2. The molecular formula is C25H24BrCl2FN2O3. The third kappa shape index (κ3) is 5.89. The third-order valence-electron chi connectivity index (χ3n) is 5.55. The molecule has 0 radical (unpaired) electrons. The Balaban J connectivity index is 1.44. The highest BCUT2D eigenvalue weighted by atomic mass is 79.9. The van der Waals surface area contributed by atoms with E-state index in [1.54, 1.807) is 25.3 Å². The highest BCUT2D eigenvalue weighted by Crippen LogP contribution is 2.36. The maximum absolute atomic E-state index is 14.1. The van der Waals surface area contributed by atoms with Gasteiger partial charge in [0.25, 0.3) is 0 Å². The lowest BCUT2D eigenvalue weighted by Crippen LogP contribution is -2.36. The van der Waals surface area contributed by atoms with E-state index in [-0.39, 0.29) is 6.61 Å². The van der Waals surface area contributed by atoms with Gasteiger partial charge in [0.05, 0.1) is 36.1 Å². The quantitative estimate of drug-likeness (QED) is 0.318. The Morgan fingerprint density at radius 1 is 1.06 bits per heavy atom. The molecule has 180 valence electrons. The van der Waals surface area contributed by atoms with Crippen LogP contribution in [0.2, 0.25) is 10.0 Å². The van der Waals surface area contributed by atoms with E-state index in [1.165, 1.54) is 6.07 Å². The number of methoxy groups -OCH3 is 1. The Labute approximate surface area is 216 Å². The van der Waals surface area contributed by atoms with Crippen LogP contribution in [0.5, 0.6) is 11.5 Å². The van der Waals surface area contributed by atoms with Gasteiger partial charge in [-0.05, 0) is 48.0 Å². The Kier molecular flexibility index (Phi) is 8.42. The molecule has 0 spiro atoms. The Morgan fingerprint density at radius 2 is 1.85 bits per heavy atom. The largest absolute Gasteiger partial charge is 0.493 e. The van der Waals surface area contributed by atoms with Crippen LogP contribution in [0.25, 0.3) is 0 Å². The van der Waals surface area contributed by atoms with Crippen LogP contribution in [0.1, 0.15) is 11.1 Å². The zero-order chi connectivity index (χ0) is 24.1. The molecular weight excluding hydrogens is 546 g/mol. The van der Waals surface area contributed by atoms with Crippen molar-refractivity contribution in [1.29, 1.82) is 0 Å². The smallest absolute Gasteiger partial charge is 0.162 e. The lowest BCUT2D eigenvalue weighted by atomic mass is 10.1. The van der Waals surface area contributed by atoms with Crippen molar-refractivity contribution in [2.75, 3.05) is 43.6 Å². The normalized spacial score (nSPS) is 13.6. The van der Waals surface area contributed by atoms with Crippen LogP contribution in [0, 0.1) is 5.82 Å². The van der Waals surface area contributed by atoms with E-state index in [1.807, 2.05) is 24.3 Å². The number of rotatable bonds is 8. The molecule has 34 heavy (non-hydrogen) atoms. The van der Waals surface area contributed by atoms with E-state index in [0.29, 0.717) is 46.9 Å². The first kappa shape index (κ1) is 24.9. The zero-order valence-corrected chi connectivity index (χ0v) is 21.6. The molecule has 4 rings (SSSR count). The summed E-state index contributed by atoms with van der Waals surface area (Å²) >= 11 is 16.2. The van der Waals surface area contributed by atoms with Gasteiger partial charge in [-0.2, -0.15) is 0 Å². The zero-order valence-electron chi connectivity index (χ0n) is 18.5. The number of benzene rings is 3. The number of hydrogen-bond donors (Lipinski definition) is 1. The number of morpholine rings is 1. The predicted molar refractivity (Wildman–Crippen MR) is 138 cm³/mol. The van der Waals surface area contributed by atoms with Crippen molar-refractivity contribution in [3.05, 3.63) is 80.0 Å². The molecule has 1 aliphatic heterocycles. The topological polar surface area (TPSA) is 43.0 Å². The summed E-state index contributed by atoms with van der Waals surface area (Å²) in [6.45, 7) is 3.59. The number of hydrogen-bond acceptors (Lipinski definition) is 5. The molecule has 1 fully saturated rings. The van der Waals surface area contributed by atoms with Crippen molar-refractivity contribution in [3.8, 4) is 11.5 Å². The predicted octanol–water partition coefficient (Wildman–Crippen LogP) is 6.93. The van der Waals surface area contributed by atoms with Crippen LogP contribution in [-0.2, 0) is 17.9 Å². The number of nitrogens with zero attached hydrogens (tertiary/aromatic N) is 1. The lowest BCUT2D eigenvalue weighted by molar-refractivity contribution is 0.122. The van der Waals surface area contributed by atoms with Crippen LogP contribution >= 0.6 is 39.1 Å². The molecule has 0 bridgehead atoms. The molecule has 0 aromatic heterocycles. The van der Waals surface area contributed by atoms with Crippen molar-refractivity contribution in [1.82, 2.24) is 0 Å². The second kappa shape index (κ2) is 11.5. The van der Waals surface area contributed by atoms with E-state index in [2.05, 4.69) is 26.1 Å². The summed E-state index contributed by atoms with van der Waals surface area (Å²) in [5.41, 5.74) is 3.17. The summed E-state index contributed by atoms with van der Waals surface area (Å²) in [6, 6.07) is 14.2. The molecule has 0 unspecified atom stereocenters. The molecule has 1 N–H and O–H groups in total. The number of nitrogens with one attached hydrogen (secondary N) is 1. The van der Waals surface area contributed by atoms with E-state index >= 15 is 0 Å². The first-order valence-electron chi connectivity index (χ1n) is 10.7. The van der Waals surface area contributed by atoms with Crippen molar-refractivity contribution in [2.24, 2.45) is 0 Å². The minimum absolute atomic E-state index is 0.0140. The van der Waals surface area contributed by atoms with Gasteiger partial charge in [0, 0.05) is 35.4 Å². The minimum atomic E-state index is -0.412. The van der Waals surface area contributed by atoms with Crippen LogP contribution in [0.3, 0.4) is 0 Å². The summed E-state index contributed by atoms with van der Waals surface area (Å²) in [5, 5.41) is 4.41. The molecule has 1 aliphatic rings. The SMILES string of the molecule is COc1cc(CNc2ccc(N3CCOCC3)c(Cl)c2)c(Br)cc1OCc1c(F)cccc1Cl. The summed E-state index contributed by atoms with van der Waals surface area (Å²) in [5.74, 6) is 0.605. The van der Waals surface area contributed by atoms with Crippen molar-refractivity contribution >= 4 is 50.5 Å². The molecule has 5 nitrogen and oxygen atoms in total. The maximum Gasteiger partial charge on any atom is 0.162 e. The van der Waals surface area contributed by atoms with E-state index < -0.39 is 5.82 Å². The number of halogens is 4. The molecule has 9 heteroatoms. The molecule has 3 aromatic carbocycles. The number of ether oxygens (including phenoxy) is 3. The summed E-state index contributed by atoms with van der Waals surface area (Å²) < 4.78 is 31.6. The van der Waals surface area contributed by atoms with Gasteiger partial charge in [0.15, 0.2) is 11.5 Å².